The summed E-state index contributed by atoms with van der Waals surface area (Å²) in [6, 6.07) is 13.5. The summed E-state index contributed by atoms with van der Waals surface area (Å²) < 4.78 is 17.1. The van der Waals surface area contributed by atoms with E-state index in [2.05, 4.69) is 15.6 Å². The average Bonchev–Trinajstić information content (AvgIpc) is 3.93. The fraction of sp³-hybridized carbons (Fsp3) is 0.457. The number of ether oxygens (including phenoxy) is 2. The average molecular weight is 642 g/mol. The van der Waals surface area contributed by atoms with Gasteiger partial charge in [0.2, 0.25) is 17.7 Å². The fourth-order valence-corrected chi connectivity index (χ4v) is 6.93. The summed E-state index contributed by atoms with van der Waals surface area (Å²) in [5.74, 6) is 0.416. The topological polar surface area (TPSA) is 143 Å². The second-order valence-corrected chi connectivity index (χ2v) is 12.5. The van der Waals surface area contributed by atoms with Crippen LogP contribution >= 0.6 is 0 Å². The quantitative estimate of drug-likeness (QED) is 0.372. The van der Waals surface area contributed by atoms with Crippen molar-refractivity contribution in [2.45, 2.75) is 75.7 Å². The zero-order valence-electron chi connectivity index (χ0n) is 26.2. The van der Waals surface area contributed by atoms with E-state index >= 15 is 0 Å². The minimum absolute atomic E-state index is 0.0881. The van der Waals surface area contributed by atoms with Gasteiger partial charge in [-0.3, -0.25) is 19.2 Å². The number of hydrogen-bond acceptors (Lipinski definition) is 8. The van der Waals surface area contributed by atoms with Gasteiger partial charge in [-0.05, 0) is 99.9 Å². The van der Waals surface area contributed by atoms with Gasteiger partial charge in [0.25, 0.3) is 11.8 Å². The first-order chi connectivity index (χ1) is 22.9. The maximum Gasteiger partial charge on any atom is 0.252 e. The van der Waals surface area contributed by atoms with Crippen molar-refractivity contribution in [1.82, 2.24) is 14.8 Å². The lowest BCUT2D eigenvalue weighted by atomic mass is 10.1. The maximum absolute atomic E-state index is 13.1. The highest BCUT2D eigenvalue weighted by atomic mass is 16.5. The smallest absolute Gasteiger partial charge is 0.252 e. The van der Waals surface area contributed by atoms with Crippen LogP contribution in [-0.4, -0.2) is 89.0 Å². The number of rotatable bonds is 8. The van der Waals surface area contributed by atoms with E-state index in [1.807, 2.05) is 24.3 Å². The van der Waals surface area contributed by atoms with Crippen LogP contribution in [0, 0.1) is 0 Å². The highest BCUT2D eigenvalue weighted by molar-refractivity contribution is 5.99. The van der Waals surface area contributed by atoms with Crippen LogP contribution in [-0.2, 0) is 28.7 Å². The van der Waals surface area contributed by atoms with E-state index in [4.69, 9.17) is 13.9 Å². The Labute approximate surface area is 272 Å². The first-order valence-corrected chi connectivity index (χ1v) is 16.6. The number of amides is 4. The summed E-state index contributed by atoms with van der Waals surface area (Å²) in [6.45, 7) is 2.32. The Kier molecular flexibility index (Phi) is 9.03. The van der Waals surface area contributed by atoms with E-state index in [1.165, 1.54) is 0 Å². The SMILES string of the molecule is O=C(Nc1ccc(-c2cnc(-c3ccc(NC(=O)[C@@H]4CCCN4C(=O)[C@H]4CCCO4)cc3)o2)cc1)C1CCCN1C(=O)[C@H]1CCCO1. The predicted molar refractivity (Wildman–Crippen MR) is 172 cm³/mol. The van der Waals surface area contributed by atoms with Crippen LogP contribution in [0.15, 0.2) is 59.1 Å². The van der Waals surface area contributed by atoms with Gasteiger partial charge in [-0.15, -0.1) is 0 Å². The van der Waals surface area contributed by atoms with E-state index in [-0.39, 0.29) is 23.6 Å². The zero-order valence-corrected chi connectivity index (χ0v) is 26.2. The number of aromatic nitrogens is 1. The first-order valence-electron chi connectivity index (χ1n) is 16.6. The van der Waals surface area contributed by atoms with Gasteiger partial charge >= 0.3 is 0 Å². The summed E-state index contributed by atoms with van der Waals surface area (Å²) in [6.07, 6.45) is 6.77. The molecule has 5 heterocycles. The van der Waals surface area contributed by atoms with Gasteiger partial charge < -0.3 is 34.3 Å². The monoisotopic (exact) mass is 641 g/mol. The molecule has 1 aromatic heterocycles. The van der Waals surface area contributed by atoms with Gasteiger partial charge in [-0.1, -0.05) is 0 Å². The molecule has 4 aliphatic rings. The molecule has 47 heavy (non-hydrogen) atoms. The van der Waals surface area contributed by atoms with Crippen molar-refractivity contribution in [3.63, 3.8) is 0 Å². The second-order valence-electron chi connectivity index (χ2n) is 12.5. The number of oxazole rings is 1. The summed E-state index contributed by atoms with van der Waals surface area (Å²) in [7, 11) is 0. The molecule has 4 amide bonds. The van der Waals surface area contributed by atoms with Gasteiger partial charge in [0.15, 0.2) is 5.76 Å². The molecular formula is C35H39N5O7. The molecule has 1 unspecified atom stereocenters. The molecule has 4 fully saturated rings. The number of carbonyl (C=O) groups is 4. The standard InChI is InChI=1S/C35H39N5O7/c41-31(26-5-1-17-39(26)34(43)28-7-3-19-45-28)37-24-13-9-22(10-14-24)30-21-36-33(47-30)23-11-15-25(16-12-23)38-32(42)27-6-2-18-40(27)35(44)29-8-4-20-46-29/h9-16,21,26-29H,1-8,17-20H2,(H,37,41)(H,38,42)/t26?,27-,28+,29+/m0/s1. The summed E-state index contributed by atoms with van der Waals surface area (Å²) in [5, 5.41) is 5.90. The van der Waals surface area contributed by atoms with E-state index in [9.17, 15) is 19.2 Å². The number of carbonyl (C=O) groups excluding carboxylic acids is 4. The molecule has 2 aromatic carbocycles. The lowest BCUT2D eigenvalue weighted by Crippen LogP contribution is -2.47. The molecule has 4 saturated heterocycles. The molecule has 0 radical (unpaired) electrons. The molecule has 246 valence electrons. The van der Waals surface area contributed by atoms with Crippen molar-refractivity contribution in [3.8, 4) is 22.8 Å². The first kappa shape index (κ1) is 31.1. The number of benzene rings is 2. The summed E-state index contributed by atoms with van der Waals surface area (Å²) >= 11 is 0. The van der Waals surface area contributed by atoms with Gasteiger partial charge in [-0.25, -0.2) is 4.98 Å². The lowest BCUT2D eigenvalue weighted by molar-refractivity contribution is -0.144. The third kappa shape index (κ3) is 6.66. The van der Waals surface area contributed by atoms with Crippen molar-refractivity contribution in [3.05, 3.63) is 54.7 Å². The Morgan fingerprint density at radius 1 is 0.638 bits per heavy atom. The number of hydrogen-bond donors (Lipinski definition) is 2. The molecule has 12 heteroatoms. The Morgan fingerprint density at radius 3 is 1.60 bits per heavy atom. The van der Waals surface area contributed by atoms with Crippen LogP contribution in [0.25, 0.3) is 22.8 Å². The Bertz CT molecular complexity index is 1490. The number of nitrogens with zero attached hydrogens (tertiary/aromatic N) is 3. The minimum Gasteiger partial charge on any atom is -0.436 e. The van der Waals surface area contributed by atoms with E-state index < -0.39 is 24.3 Å². The molecule has 2 N–H and O–H groups in total. The minimum atomic E-state index is -0.501. The van der Waals surface area contributed by atoms with Crippen LogP contribution < -0.4 is 10.6 Å². The van der Waals surface area contributed by atoms with E-state index in [1.54, 1.807) is 40.3 Å². The Hall–Kier alpha value is -4.55. The molecule has 4 aliphatic heterocycles. The summed E-state index contributed by atoms with van der Waals surface area (Å²) in [5.41, 5.74) is 2.79. The lowest BCUT2D eigenvalue weighted by Gasteiger charge is -2.26. The summed E-state index contributed by atoms with van der Waals surface area (Å²) in [4.78, 5) is 59.7. The van der Waals surface area contributed by atoms with Crippen molar-refractivity contribution >= 4 is 35.0 Å². The number of anilines is 2. The van der Waals surface area contributed by atoms with Gasteiger partial charge in [0.05, 0.1) is 6.20 Å². The molecule has 4 atom stereocenters. The largest absolute Gasteiger partial charge is 0.436 e. The molecule has 12 nitrogen and oxygen atoms in total. The van der Waals surface area contributed by atoms with E-state index in [0.717, 1.165) is 36.8 Å². The second kappa shape index (κ2) is 13.7. The molecule has 0 aliphatic carbocycles. The Morgan fingerprint density at radius 2 is 1.13 bits per heavy atom. The number of likely N-dealkylation sites (tertiary alicyclic amines) is 2. The van der Waals surface area contributed by atoms with Crippen LogP contribution in [0.5, 0.6) is 0 Å². The maximum atomic E-state index is 13.1. The molecule has 7 rings (SSSR count). The molecule has 3 aromatic rings. The number of nitrogens with one attached hydrogen (secondary N) is 2. The van der Waals surface area contributed by atoms with Gasteiger partial charge in [0.1, 0.15) is 24.3 Å². The van der Waals surface area contributed by atoms with Crippen molar-refractivity contribution in [1.29, 1.82) is 0 Å². The third-order valence-electron chi connectivity index (χ3n) is 9.43. The molecular weight excluding hydrogens is 602 g/mol. The molecule has 0 spiro atoms. The van der Waals surface area contributed by atoms with Crippen molar-refractivity contribution < 1.29 is 33.1 Å². The van der Waals surface area contributed by atoms with Crippen molar-refractivity contribution in [2.75, 3.05) is 36.9 Å². The van der Waals surface area contributed by atoms with Crippen LogP contribution in [0.4, 0.5) is 11.4 Å². The zero-order chi connectivity index (χ0) is 32.3. The molecule has 0 saturated carbocycles. The van der Waals surface area contributed by atoms with Crippen LogP contribution in [0.1, 0.15) is 51.4 Å². The molecule has 0 bridgehead atoms. The van der Waals surface area contributed by atoms with Gasteiger partial charge in [-0.2, -0.15) is 0 Å². The van der Waals surface area contributed by atoms with E-state index in [0.29, 0.717) is 75.0 Å². The van der Waals surface area contributed by atoms with Crippen LogP contribution in [0.3, 0.4) is 0 Å². The Balaban J connectivity index is 0.940. The fourth-order valence-electron chi connectivity index (χ4n) is 6.93. The van der Waals surface area contributed by atoms with Crippen molar-refractivity contribution in [2.24, 2.45) is 0 Å². The normalized spacial score (nSPS) is 24.1. The van der Waals surface area contributed by atoms with Crippen LogP contribution in [0.2, 0.25) is 0 Å². The highest BCUT2D eigenvalue weighted by Gasteiger charge is 2.39. The highest BCUT2D eigenvalue weighted by Crippen LogP contribution is 2.30. The third-order valence-corrected chi connectivity index (χ3v) is 9.43. The predicted octanol–water partition coefficient (Wildman–Crippen LogP) is 4.23. The van der Waals surface area contributed by atoms with Gasteiger partial charge in [0, 0.05) is 48.8 Å².